The largest absolute Gasteiger partial charge is 0.416 e. The third-order valence-corrected chi connectivity index (χ3v) is 4.77. The fourth-order valence-corrected chi connectivity index (χ4v) is 2.99. The molecule has 1 aliphatic rings. The van der Waals surface area contributed by atoms with Gasteiger partial charge in [0.05, 0.1) is 21.0 Å². The quantitative estimate of drug-likeness (QED) is 0.804. The number of anilines is 1. The van der Waals surface area contributed by atoms with Gasteiger partial charge in [0.15, 0.2) is 0 Å². The van der Waals surface area contributed by atoms with Crippen molar-refractivity contribution in [2.45, 2.75) is 36.2 Å². The van der Waals surface area contributed by atoms with E-state index in [4.69, 9.17) is 27.6 Å². The molecule has 1 amide bonds. The van der Waals surface area contributed by atoms with E-state index in [9.17, 15) is 4.79 Å². The number of thioether (sulfide) groups is 1. The number of amides is 1. The molecule has 1 heterocycles. The smallest absolute Gasteiger partial charge is 0.277 e. The molecule has 1 fully saturated rings. The van der Waals surface area contributed by atoms with Crippen molar-refractivity contribution in [3.05, 3.63) is 34.1 Å². The lowest BCUT2D eigenvalue weighted by atomic mass is 10.3. The van der Waals surface area contributed by atoms with Gasteiger partial charge < -0.3 is 9.73 Å². The van der Waals surface area contributed by atoms with Gasteiger partial charge in [0.1, 0.15) is 0 Å². The number of aromatic nitrogens is 2. The second-order valence-electron chi connectivity index (χ2n) is 5.03. The van der Waals surface area contributed by atoms with Gasteiger partial charge in [-0.05, 0) is 31.9 Å². The van der Waals surface area contributed by atoms with E-state index in [1.165, 1.54) is 11.8 Å². The van der Waals surface area contributed by atoms with Crippen LogP contribution in [0.5, 0.6) is 0 Å². The highest BCUT2D eigenvalue weighted by molar-refractivity contribution is 8.00. The fourth-order valence-electron chi connectivity index (χ4n) is 1.81. The molecule has 1 atom stereocenters. The van der Waals surface area contributed by atoms with E-state index in [1.54, 1.807) is 25.1 Å². The van der Waals surface area contributed by atoms with E-state index in [0.717, 1.165) is 12.8 Å². The van der Waals surface area contributed by atoms with Crippen LogP contribution >= 0.6 is 35.0 Å². The number of carbonyl (C=O) groups is 1. The lowest BCUT2D eigenvalue weighted by Gasteiger charge is -2.12. The molecule has 0 bridgehead atoms. The first-order valence-electron chi connectivity index (χ1n) is 6.79. The molecule has 1 N–H and O–H groups in total. The molecule has 0 saturated heterocycles. The number of hydrogen-bond donors (Lipinski definition) is 1. The van der Waals surface area contributed by atoms with Gasteiger partial charge in [0.2, 0.25) is 11.8 Å². The van der Waals surface area contributed by atoms with Gasteiger partial charge in [-0.1, -0.05) is 41.0 Å². The number of nitrogens with one attached hydrogen (secondary N) is 1. The highest BCUT2D eigenvalue weighted by Gasteiger charge is 2.30. The lowest BCUT2D eigenvalue weighted by molar-refractivity contribution is -0.115. The maximum Gasteiger partial charge on any atom is 0.277 e. The van der Waals surface area contributed by atoms with Crippen molar-refractivity contribution in [1.82, 2.24) is 10.2 Å². The average molecular weight is 358 g/mol. The molecule has 1 aliphatic carbocycles. The second kappa shape index (κ2) is 6.48. The number of halogens is 2. The summed E-state index contributed by atoms with van der Waals surface area (Å²) in [6.07, 6.45) is 2.18. The molecule has 0 aliphatic heterocycles. The van der Waals surface area contributed by atoms with E-state index in [1.807, 2.05) is 0 Å². The monoisotopic (exact) mass is 357 g/mol. The van der Waals surface area contributed by atoms with Crippen LogP contribution in [0.15, 0.2) is 27.8 Å². The van der Waals surface area contributed by atoms with E-state index >= 15 is 0 Å². The van der Waals surface area contributed by atoms with E-state index in [2.05, 4.69) is 15.5 Å². The van der Waals surface area contributed by atoms with Gasteiger partial charge >= 0.3 is 0 Å². The first kappa shape index (κ1) is 15.6. The van der Waals surface area contributed by atoms with Crippen LogP contribution in [-0.4, -0.2) is 21.4 Å². The molecular formula is C14H13Cl2N3O2S. The topological polar surface area (TPSA) is 68.0 Å². The summed E-state index contributed by atoms with van der Waals surface area (Å²) in [6, 6.07) is 5.05. The van der Waals surface area contributed by atoms with Crippen LogP contribution in [0, 0.1) is 0 Å². The van der Waals surface area contributed by atoms with Gasteiger partial charge in [-0.15, -0.1) is 10.2 Å². The lowest BCUT2D eigenvalue weighted by Crippen LogP contribution is -2.22. The summed E-state index contributed by atoms with van der Waals surface area (Å²) >= 11 is 13.3. The van der Waals surface area contributed by atoms with Gasteiger partial charge in [-0.2, -0.15) is 0 Å². The van der Waals surface area contributed by atoms with Crippen LogP contribution in [0.4, 0.5) is 5.69 Å². The molecule has 2 aromatic rings. The minimum absolute atomic E-state index is 0.230. The second-order valence-corrected chi connectivity index (χ2v) is 7.13. The van der Waals surface area contributed by atoms with Crippen molar-refractivity contribution >= 4 is 46.6 Å². The summed E-state index contributed by atoms with van der Waals surface area (Å²) in [4.78, 5) is 12.2. The molecule has 22 heavy (non-hydrogen) atoms. The third-order valence-electron chi connectivity index (χ3n) is 3.21. The minimum atomic E-state index is -0.417. The molecule has 1 saturated carbocycles. The first-order valence-corrected chi connectivity index (χ1v) is 8.43. The SMILES string of the molecule is C[C@@H](Sc1nnc(C2CC2)o1)C(=O)Nc1c(Cl)cccc1Cl. The van der Waals surface area contributed by atoms with Crippen LogP contribution in [-0.2, 0) is 4.79 Å². The summed E-state index contributed by atoms with van der Waals surface area (Å²) in [5.74, 6) is 0.823. The maximum atomic E-state index is 12.2. The van der Waals surface area contributed by atoms with Crippen molar-refractivity contribution in [2.24, 2.45) is 0 Å². The normalized spacial score (nSPS) is 15.6. The van der Waals surface area contributed by atoms with Crippen LogP contribution in [0.1, 0.15) is 31.6 Å². The van der Waals surface area contributed by atoms with Crippen molar-refractivity contribution in [3.8, 4) is 0 Å². The summed E-state index contributed by atoms with van der Waals surface area (Å²) in [6.45, 7) is 1.76. The Balaban J connectivity index is 1.63. The zero-order chi connectivity index (χ0) is 15.7. The summed E-state index contributed by atoms with van der Waals surface area (Å²) < 4.78 is 5.53. The molecule has 3 rings (SSSR count). The molecule has 5 nitrogen and oxygen atoms in total. The number of hydrogen-bond acceptors (Lipinski definition) is 5. The average Bonchev–Trinajstić information content (AvgIpc) is 3.23. The Morgan fingerprint density at radius 1 is 1.36 bits per heavy atom. The van der Waals surface area contributed by atoms with Crippen LogP contribution in [0.25, 0.3) is 0 Å². The molecule has 116 valence electrons. The zero-order valence-electron chi connectivity index (χ0n) is 11.7. The molecule has 1 aromatic carbocycles. The van der Waals surface area contributed by atoms with Crippen LogP contribution in [0.3, 0.4) is 0 Å². The van der Waals surface area contributed by atoms with Gasteiger partial charge in [-0.3, -0.25) is 4.79 Å². The minimum Gasteiger partial charge on any atom is -0.416 e. The molecule has 0 radical (unpaired) electrons. The number of nitrogens with zero attached hydrogens (tertiary/aromatic N) is 2. The summed E-state index contributed by atoms with van der Waals surface area (Å²) in [5.41, 5.74) is 0.410. The standard InChI is InChI=1S/C14H13Cl2N3O2S/c1-7(22-14-19-18-13(21-14)8-5-6-8)12(20)17-11-9(15)3-2-4-10(11)16/h2-4,7-8H,5-6H2,1H3,(H,17,20)/t7-/m1/s1. The van der Waals surface area contributed by atoms with Gasteiger partial charge in [0, 0.05) is 5.92 Å². The molecule has 0 unspecified atom stereocenters. The first-order chi connectivity index (χ1) is 10.5. The third kappa shape index (κ3) is 3.56. The Kier molecular flexibility index (Phi) is 4.61. The van der Waals surface area contributed by atoms with E-state index in [0.29, 0.717) is 32.8 Å². The van der Waals surface area contributed by atoms with E-state index < -0.39 is 5.25 Å². The Bertz CT molecular complexity index is 683. The zero-order valence-corrected chi connectivity index (χ0v) is 14.0. The summed E-state index contributed by atoms with van der Waals surface area (Å²) in [5, 5.41) is 11.4. The van der Waals surface area contributed by atoms with Crippen LogP contribution in [0.2, 0.25) is 10.0 Å². The Morgan fingerprint density at radius 2 is 2.05 bits per heavy atom. The van der Waals surface area contributed by atoms with Crippen molar-refractivity contribution in [2.75, 3.05) is 5.32 Å². The predicted octanol–water partition coefficient (Wildman–Crippen LogP) is 4.37. The van der Waals surface area contributed by atoms with Crippen molar-refractivity contribution in [3.63, 3.8) is 0 Å². The Morgan fingerprint density at radius 3 is 2.68 bits per heavy atom. The number of carbonyl (C=O) groups excluding carboxylic acids is 1. The van der Waals surface area contributed by atoms with Crippen molar-refractivity contribution in [1.29, 1.82) is 0 Å². The Hall–Kier alpha value is -1.24. The van der Waals surface area contributed by atoms with Gasteiger partial charge in [-0.25, -0.2) is 0 Å². The molecule has 8 heteroatoms. The number of rotatable bonds is 5. The van der Waals surface area contributed by atoms with E-state index in [-0.39, 0.29) is 5.91 Å². The highest BCUT2D eigenvalue weighted by atomic mass is 35.5. The molecular weight excluding hydrogens is 345 g/mol. The predicted molar refractivity (Wildman–Crippen MR) is 86.7 cm³/mol. The van der Waals surface area contributed by atoms with Crippen molar-refractivity contribution < 1.29 is 9.21 Å². The Labute approximate surface area is 141 Å². The number of benzene rings is 1. The summed E-state index contributed by atoms with van der Waals surface area (Å²) in [7, 11) is 0. The maximum absolute atomic E-state index is 12.2. The highest BCUT2D eigenvalue weighted by Crippen LogP contribution is 2.40. The fraction of sp³-hybridized carbons (Fsp3) is 0.357. The van der Waals surface area contributed by atoms with Crippen LogP contribution < -0.4 is 5.32 Å². The van der Waals surface area contributed by atoms with Gasteiger partial charge in [0.25, 0.3) is 5.22 Å². The molecule has 0 spiro atoms. The molecule has 1 aromatic heterocycles. The number of para-hydroxylation sites is 1.